The Kier molecular flexibility index (Phi) is 3.13. The largest absolute Gasteiger partial charge is 0.298 e. The van der Waals surface area contributed by atoms with Gasteiger partial charge in [0.15, 0.2) is 0 Å². The first-order valence-electron chi connectivity index (χ1n) is 4.65. The van der Waals surface area contributed by atoms with Crippen LogP contribution in [0.5, 0.6) is 0 Å². The van der Waals surface area contributed by atoms with Gasteiger partial charge in [-0.05, 0) is 27.6 Å². The van der Waals surface area contributed by atoms with Crippen molar-refractivity contribution in [3.05, 3.63) is 28.5 Å². The van der Waals surface area contributed by atoms with Crippen molar-refractivity contribution in [3.63, 3.8) is 0 Å². The van der Waals surface area contributed by atoms with Crippen LogP contribution in [0.2, 0.25) is 0 Å². The maximum Gasteiger partial charge on any atom is 0.0947 e. The lowest BCUT2D eigenvalue weighted by Crippen LogP contribution is -2.46. The summed E-state index contributed by atoms with van der Waals surface area (Å²) in [6, 6.07) is 2.05. The van der Waals surface area contributed by atoms with Crippen LogP contribution >= 0.6 is 15.9 Å². The molecule has 0 spiro atoms. The summed E-state index contributed by atoms with van der Waals surface area (Å²) in [5.41, 5.74) is 1.18. The van der Waals surface area contributed by atoms with Gasteiger partial charge >= 0.3 is 0 Å². The molecule has 0 unspecified atom stereocenters. The highest BCUT2D eigenvalue weighted by atomic mass is 79.9. The van der Waals surface area contributed by atoms with Crippen molar-refractivity contribution in [2.45, 2.75) is 6.54 Å². The molecule has 0 bridgehead atoms. The Morgan fingerprint density at radius 3 is 2.93 bits per heavy atom. The van der Waals surface area contributed by atoms with Crippen LogP contribution in [-0.2, 0) is 6.54 Å². The molecule has 2 nitrogen and oxygen atoms in total. The highest BCUT2D eigenvalue weighted by molar-refractivity contribution is 9.10. The van der Waals surface area contributed by atoms with Crippen LogP contribution in [-0.4, -0.2) is 29.6 Å². The SMILES string of the molecule is FCC1CN(Cc2cncc(Br)c2)C1. The van der Waals surface area contributed by atoms with Gasteiger partial charge in [-0.2, -0.15) is 0 Å². The van der Waals surface area contributed by atoms with Crippen molar-refractivity contribution in [1.29, 1.82) is 0 Å². The predicted octanol–water partition coefficient (Wildman–Crippen LogP) is 2.25. The van der Waals surface area contributed by atoms with Gasteiger partial charge in [0, 0.05) is 42.4 Å². The van der Waals surface area contributed by atoms with Crippen molar-refractivity contribution < 1.29 is 4.39 Å². The molecule has 2 heterocycles. The molecule has 1 aliphatic rings. The first-order chi connectivity index (χ1) is 6.78. The van der Waals surface area contributed by atoms with Gasteiger partial charge in [-0.25, -0.2) is 0 Å². The molecule has 0 aliphatic carbocycles. The van der Waals surface area contributed by atoms with Crippen molar-refractivity contribution in [2.75, 3.05) is 19.8 Å². The molecule has 1 fully saturated rings. The molecule has 0 aromatic carbocycles. The molecule has 4 heteroatoms. The van der Waals surface area contributed by atoms with E-state index in [0.29, 0.717) is 0 Å². The molecule has 14 heavy (non-hydrogen) atoms. The van der Waals surface area contributed by atoms with Crippen molar-refractivity contribution in [2.24, 2.45) is 5.92 Å². The number of halogens is 2. The van der Waals surface area contributed by atoms with E-state index >= 15 is 0 Å². The summed E-state index contributed by atoms with van der Waals surface area (Å²) < 4.78 is 13.2. The number of likely N-dealkylation sites (tertiary alicyclic amines) is 1. The quantitative estimate of drug-likeness (QED) is 0.827. The molecular weight excluding hydrogens is 247 g/mol. The Hall–Kier alpha value is -0.480. The Bertz CT molecular complexity index is 313. The lowest BCUT2D eigenvalue weighted by molar-refractivity contribution is 0.0737. The molecule has 2 rings (SSSR count). The normalized spacial score (nSPS) is 18.1. The fourth-order valence-electron chi connectivity index (χ4n) is 1.70. The van der Waals surface area contributed by atoms with Crippen LogP contribution in [0.25, 0.3) is 0 Å². The van der Waals surface area contributed by atoms with Crippen LogP contribution in [0.15, 0.2) is 22.9 Å². The minimum absolute atomic E-state index is 0.187. The lowest BCUT2D eigenvalue weighted by atomic mass is 10.0. The summed E-state index contributed by atoms with van der Waals surface area (Å²) in [6.45, 7) is 2.45. The van der Waals surface area contributed by atoms with Crippen LogP contribution in [0.3, 0.4) is 0 Å². The lowest BCUT2D eigenvalue weighted by Gasteiger charge is -2.37. The van der Waals surface area contributed by atoms with E-state index in [-0.39, 0.29) is 12.6 Å². The molecule has 0 N–H and O–H groups in total. The number of rotatable bonds is 3. The molecule has 0 amide bonds. The van der Waals surface area contributed by atoms with Gasteiger partial charge in [-0.3, -0.25) is 14.3 Å². The molecular formula is C10H12BrFN2. The summed E-state index contributed by atoms with van der Waals surface area (Å²) in [5, 5.41) is 0. The highest BCUT2D eigenvalue weighted by Gasteiger charge is 2.26. The number of hydrogen-bond acceptors (Lipinski definition) is 2. The standard InChI is InChI=1S/C10H12BrFN2/c11-10-1-8(3-13-4-10)5-14-6-9(2-12)7-14/h1,3-4,9H,2,5-7H2. The monoisotopic (exact) mass is 258 g/mol. The van der Waals surface area contributed by atoms with E-state index in [2.05, 4.69) is 31.9 Å². The van der Waals surface area contributed by atoms with Gasteiger partial charge in [0.1, 0.15) is 0 Å². The van der Waals surface area contributed by atoms with Gasteiger partial charge in [0.05, 0.1) is 6.67 Å². The van der Waals surface area contributed by atoms with E-state index in [9.17, 15) is 4.39 Å². The van der Waals surface area contributed by atoms with Crippen molar-refractivity contribution in [3.8, 4) is 0 Å². The van der Waals surface area contributed by atoms with E-state index in [4.69, 9.17) is 0 Å². The van der Waals surface area contributed by atoms with Gasteiger partial charge < -0.3 is 0 Å². The third-order valence-electron chi connectivity index (χ3n) is 2.42. The average Bonchev–Trinajstić information content (AvgIpc) is 2.10. The van der Waals surface area contributed by atoms with Crippen molar-refractivity contribution in [1.82, 2.24) is 9.88 Å². The smallest absolute Gasteiger partial charge is 0.0947 e. The number of alkyl halides is 1. The first kappa shape index (κ1) is 10.1. The Morgan fingerprint density at radius 1 is 1.50 bits per heavy atom. The van der Waals surface area contributed by atoms with E-state index in [1.807, 2.05) is 6.20 Å². The molecule has 0 radical (unpaired) electrons. The molecule has 0 atom stereocenters. The third kappa shape index (κ3) is 2.30. The summed E-state index contributed by atoms with van der Waals surface area (Å²) in [4.78, 5) is 6.32. The van der Waals surface area contributed by atoms with Crippen LogP contribution < -0.4 is 0 Å². The van der Waals surface area contributed by atoms with E-state index in [1.54, 1.807) is 6.20 Å². The maximum absolute atomic E-state index is 12.2. The van der Waals surface area contributed by atoms with E-state index in [0.717, 1.165) is 24.1 Å². The molecule has 76 valence electrons. The molecule has 1 saturated heterocycles. The molecule has 1 aliphatic heterocycles. The van der Waals surface area contributed by atoms with Gasteiger partial charge in [0.2, 0.25) is 0 Å². The minimum Gasteiger partial charge on any atom is -0.298 e. The van der Waals surface area contributed by atoms with Crippen LogP contribution in [0, 0.1) is 5.92 Å². The van der Waals surface area contributed by atoms with Gasteiger partial charge in [0.25, 0.3) is 0 Å². The first-order valence-corrected chi connectivity index (χ1v) is 5.45. The fraction of sp³-hybridized carbons (Fsp3) is 0.500. The minimum atomic E-state index is -0.187. The van der Waals surface area contributed by atoms with E-state index < -0.39 is 0 Å². The van der Waals surface area contributed by atoms with E-state index in [1.165, 1.54) is 5.56 Å². The van der Waals surface area contributed by atoms with Crippen LogP contribution in [0.4, 0.5) is 4.39 Å². The molecule has 0 saturated carbocycles. The number of aromatic nitrogens is 1. The molecule has 1 aromatic rings. The summed E-state index contributed by atoms with van der Waals surface area (Å²) in [7, 11) is 0. The summed E-state index contributed by atoms with van der Waals surface area (Å²) in [5.74, 6) is 0.259. The van der Waals surface area contributed by atoms with Crippen LogP contribution in [0.1, 0.15) is 5.56 Å². The zero-order chi connectivity index (χ0) is 9.97. The zero-order valence-corrected chi connectivity index (χ0v) is 9.37. The fourth-order valence-corrected chi connectivity index (χ4v) is 2.12. The average molecular weight is 259 g/mol. The third-order valence-corrected chi connectivity index (χ3v) is 2.85. The Balaban J connectivity index is 1.87. The topological polar surface area (TPSA) is 16.1 Å². The van der Waals surface area contributed by atoms with Gasteiger partial charge in [-0.1, -0.05) is 0 Å². The second-order valence-corrected chi connectivity index (χ2v) is 4.64. The second-order valence-electron chi connectivity index (χ2n) is 3.73. The maximum atomic E-state index is 12.2. The van der Waals surface area contributed by atoms with Gasteiger partial charge in [-0.15, -0.1) is 0 Å². The summed E-state index contributed by atoms with van der Waals surface area (Å²) in [6.07, 6.45) is 3.62. The second kappa shape index (κ2) is 4.36. The summed E-state index contributed by atoms with van der Waals surface area (Å²) >= 11 is 3.38. The Morgan fingerprint density at radius 2 is 2.29 bits per heavy atom. The molecule has 1 aromatic heterocycles. The number of pyridine rings is 1. The zero-order valence-electron chi connectivity index (χ0n) is 7.79. The number of hydrogen-bond donors (Lipinski definition) is 0. The Labute approximate surface area is 91.3 Å². The highest BCUT2D eigenvalue weighted by Crippen LogP contribution is 2.19. The van der Waals surface area contributed by atoms with Crippen molar-refractivity contribution >= 4 is 15.9 Å². The predicted molar refractivity (Wildman–Crippen MR) is 56.7 cm³/mol. The number of nitrogens with zero attached hydrogens (tertiary/aromatic N) is 2.